The quantitative estimate of drug-likeness (QED) is 0.570. The summed E-state index contributed by atoms with van der Waals surface area (Å²) < 4.78 is 5.32. The first-order valence-electron chi connectivity index (χ1n) is 4.86. The molecule has 1 rings (SSSR count). The molecule has 0 aliphatic carbocycles. The zero-order valence-corrected chi connectivity index (χ0v) is 9.09. The zero-order chi connectivity index (χ0) is 10.4. The van der Waals surface area contributed by atoms with Crippen molar-refractivity contribution in [2.45, 2.75) is 19.4 Å². The van der Waals surface area contributed by atoms with Crippen molar-refractivity contribution in [1.29, 1.82) is 0 Å². The number of carbonyl (C=O) groups is 1. The molecule has 3 nitrogen and oxygen atoms in total. The molecule has 0 saturated carbocycles. The molecule has 0 bridgehead atoms. The number of nitrogens with one attached hydrogen (secondary N) is 1. The van der Waals surface area contributed by atoms with E-state index in [-0.39, 0.29) is 12.0 Å². The minimum absolute atomic E-state index is 0.0192. The second-order valence-corrected chi connectivity index (χ2v) is 3.74. The number of halogens is 1. The summed E-state index contributed by atoms with van der Waals surface area (Å²) in [6.45, 7) is 3.25. The molecule has 1 aliphatic heterocycles. The molecule has 80 valence electrons. The van der Waals surface area contributed by atoms with Crippen molar-refractivity contribution in [2.75, 3.05) is 19.0 Å². The van der Waals surface area contributed by atoms with E-state index < -0.39 is 0 Å². The maximum Gasteiger partial charge on any atom is 0.249 e. The highest BCUT2D eigenvalue weighted by atomic mass is 35.5. The number of amides is 1. The third-order valence-electron chi connectivity index (χ3n) is 2.30. The van der Waals surface area contributed by atoms with Crippen LogP contribution in [0.15, 0.2) is 12.2 Å². The molecular formula is C10H16ClNO2. The van der Waals surface area contributed by atoms with E-state index >= 15 is 0 Å². The summed E-state index contributed by atoms with van der Waals surface area (Å²) in [7, 11) is 0. The van der Waals surface area contributed by atoms with E-state index in [1.165, 1.54) is 0 Å². The molecule has 1 aliphatic rings. The van der Waals surface area contributed by atoms with Gasteiger partial charge in [-0.2, -0.15) is 0 Å². The Labute approximate surface area is 89.5 Å². The van der Waals surface area contributed by atoms with Crippen LogP contribution in [0.25, 0.3) is 0 Å². The lowest BCUT2D eigenvalue weighted by Crippen LogP contribution is -2.37. The summed E-state index contributed by atoms with van der Waals surface area (Å²) in [4.78, 5) is 11.5. The smallest absolute Gasteiger partial charge is 0.249 e. The molecule has 0 aromatic heterocycles. The fraction of sp³-hybridized carbons (Fsp3) is 0.700. The van der Waals surface area contributed by atoms with Crippen molar-refractivity contribution >= 4 is 17.5 Å². The van der Waals surface area contributed by atoms with Crippen LogP contribution in [0.5, 0.6) is 0 Å². The van der Waals surface area contributed by atoms with Gasteiger partial charge in [0.05, 0.1) is 0 Å². The van der Waals surface area contributed by atoms with Crippen molar-refractivity contribution < 1.29 is 9.53 Å². The van der Waals surface area contributed by atoms with E-state index in [4.69, 9.17) is 16.3 Å². The van der Waals surface area contributed by atoms with E-state index in [2.05, 4.69) is 5.32 Å². The summed E-state index contributed by atoms with van der Waals surface area (Å²) in [6.07, 6.45) is 4.35. The van der Waals surface area contributed by atoms with Crippen LogP contribution in [0.4, 0.5) is 0 Å². The van der Waals surface area contributed by atoms with E-state index in [1.807, 2.05) is 13.0 Å². The Hall–Kier alpha value is -0.540. The van der Waals surface area contributed by atoms with E-state index in [0.717, 1.165) is 6.42 Å². The van der Waals surface area contributed by atoms with Gasteiger partial charge >= 0.3 is 0 Å². The standard InChI is InChI=1S/C10H16ClNO2/c1-8-4-7-14-9(8)10(13)12-6-3-2-5-11/h2-3,8-9H,4-7H2,1H3,(H,12,13)/b3-2+. The second kappa shape index (κ2) is 6.04. The largest absolute Gasteiger partial charge is 0.368 e. The fourth-order valence-corrected chi connectivity index (χ4v) is 1.56. The number of rotatable bonds is 4. The molecule has 0 spiro atoms. The van der Waals surface area contributed by atoms with Crippen molar-refractivity contribution in [3.63, 3.8) is 0 Å². The number of carbonyl (C=O) groups excluding carboxylic acids is 1. The monoisotopic (exact) mass is 217 g/mol. The second-order valence-electron chi connectivity index (χ2n) is 3.43. The Morgan fingerprint density at radius 1 is 1.64 bits per heavy atom. The van der Waals surface area contributed by atoms with Crippen LogP contribution in [-0.4, -0.2) is 31.0 Å². The van der Waals surface area contributed by atoms with Crippen molar-refractivity contribution in [2.24, 2.45) is 5.92 Å². The molecular weight excluding hydrogens is 202 g/mol. The highest BCUT2D eigenvalue weighted by Gasteiger charge is 2.30. The molecule has 1 fully saturated rings. The van der Waals surface area contributed by atoms with Crippen LogP contribution >= 0.6 is 11.6 Å². The zero-order valence-electron chi connectivity index (χ0n) is 8.33. The number of allylic oxidation sites excluding steroid dienone is 1. The molecule has 0 radical (unpaired) electrons. The van der Waals surface area contributed by atoms with Crippen LogP contribution in [0.1, 0.15) is 13.3 Å². The predicted molar refractivity (Wildman–Crippen MR) is 56.4 cm³/mol. The summed E-state index contributed by atoms with van der Waals surface area (Å²) in [5.41, 5.74) is 0. The van der Waals surface area contributed by atoms with Gasteiger partial charge in [0.25, 0.3) is 0 Å². The normalized spacial score (nSPS) is 27.0. The maximum absolute atomic E-state index is 11.5. The van der Waals surface area contributed by atoms with Crippen LogP contribution in [0.2, 0.25) is 0 Å². The minimum atomic E-state index is -0.264. The first kappa shape index (κ1) is 11.5. The first-order valence-corrected chi connectivity index (χ1v) is 5.39. The van der Waals surface area contributed by atoms with Gasteiger partial charge in [-0.05, 0) is 12.3 Å². The molecule has 1 N–H and O–H groups in total. The van der Waals surface area contributed by atoms with Gasteiger partial charge in [0, 0.05) is 19.0 Å². The Morgan fingerprint density at radius 2 is 2.43 bits per heavy atom. The van der Waals surface area contributed by atoms with Gasteiger partial charge in [0.1, 0.15) is 6.10 Å². The van der Waals surface area contributed by atoms with Gasteiger partial charge in [0.15, 0.2) is 0 Å². The van der Waals surface area contributed by atoms with Crippen molar-refractivity contribution in [3.05, 3.63) is 12.2 Å². The van der Waals surface area contributed by atoms with Crippen LogP contribution < -0.4 is 5.32 Å². The Kier molecular flexibility index (Phi) is 4.98. The van der Waals surface area contributed by atoms with Gasteiger partial charge < -0.3 is 10.1 Å². The van der Waals surface area contributed by atoms with Crippen molar-refractivity contribution in [1.82, 2.24) is 5.32 Å². The third kappa shape index (κ3) is 3.31. The van der Waals surface area contributed by atoms with E-state index in [0.29, 0.717) is 24.9 Å². The van der Waals surface area contributed by atoms with Gasteiger partial charge in [-0.15, -0.1) is 11.6 Å². The molecule has 1 heterocycles. The van der Waals surface area contributed by atoms with Gasteiger partial charge in [0.2, 0.25) is 5.91 Å². The van der Waals surface area contributed by atoms with Crippen molar-refractivity contribution in [3.8, 4) is 0 Å². The van der Waals surface area contributed by atoms with Gasteiger partial charge in [-0.25, -0.2) is 0 Å². The molecule has 0 aromatic carbocycles. The minimum Gasteiger partial charge on any atom is -0.368 e. The molecule has 14 heavy (non-hydrogen) atoms. The summed E-state index contributed by atoms with van der Waals surface area (Å²) in [6, 6.07) is 0. The first-order chi connectivity index (χ1) is 6.75. The number of alkyl halides is 1. The molecule has 0 aromatic rings. The Balaban J connectivity index is 2.24. The highest BCUT2D eigenvalue weighted by Crippen LogP contribution is 2.19. The van der Waals surface area contributed by atoms with Crippen LogP contribution in [0.3, 0.4) is 0 Å². The van der Waals surface area contributed by atoms with E-state index in [9.17, 15) is 4.79 Å². The molecule has 2 unspecified atom stereocenters. The summed E-state index contributed by atoms with van der Waals surface area (Å²) >= 11 is 5.44. The Bertz CT molecular complexity index is 218. The van der Waals surface area contributed by atoms with Crippen LogP contribution in [0, 0.1) is 5.92 Å². The maximum atomic E-state index is 11.5. The number of hydrogen-bond acceptors (Lipinski definition) is 2. The molecule has 1 saturated heterocycles. The van der Waals surface area contributed by atoms with Crippen LogP contribution in [-0.2, 0) is 9.53 Å². The average molecular weight is 218 g/mol. The topological polar surface area (TPSA) is 38.3 Å². The highest BCUT2D eigenvalue weighted by molar-refractivity contribution is 6.18. The third-order valence-corrected chi connectivity index (χ3v) is 2.47. The van der Waals surface area contributed by atoms with Gasteiger partial charge in [-0.1, -0.05) is 19.1 Å². The molecule has 4 heteroatoms. The SMILES string of the molecule is CC1CCOC1C(=O)NC/C=C/CCl. The predicted octanol–water partition coefficient (Wildman–Crippen LogP) is 1.32. The molecule has 1 amide bonds. The lowest BCUT2D eigenvalue weighted by Gasteiger charge is -2.13. The lowest BCUT2D eigenvalue weighted by atomic mass is 10.0. The van der Waals surface area contributed by atoms with E-state index in [1.54, 1.807) is 6.08 Å². The number of hydrogen-bond donors (Lipinski definition) is 1. The summed E-state index contributed by atoms with van der Waals surface area (Å²) in [5.74, 6) is 0.785. The van der Waals surface area contributed by atoms with Gasteiger partial charge in [-0.3, -0.25) is 4.79 Å². The number of ether oxygens (including phenoxy) is 1. The lowest BCUT2D eigenvalue weighted by molar-refractivity contribution is -0.131. The molecule has 2 atom stereocenters. The Morgan fingerprint density at radius 3 is 3.00 bits per heavy atom. The average Bonchev–Trinajstić information content (AvgIpc) is 2.59. The summed E-state index contributed by atoms with van der Waals surface area (Å²) in [5, 5.41) is 2.78. The fourth-order valence-electron chi connectivity index (χ4n) is 1.44.